The average Bonchev–Trinajstić information content (AvgIpc) is 3.81. The van der Waals surface area contributed by atoms with Gasteiger partial charge in [0.1, 0.15) is 36.3 Å². The number of nitrogens with zero attached hydrogens (tertiary/aromatic N) is 4. The lowest BCUT2D eigenvalue weighted by molar-refractivity contribution is -0.137. The number of carbonyl (C=O) groups excluding carboxylic acids is 3. The van der Waals surface area contributed by atoms with Crippen molar-refractivity contribution in [1.29, 1.82) is 0 Å². The second-order valence-electron chi connectivity index (χ2n) is 16.0. The number of allylic oxidation sites excluding steroid dienone is 6. The number of phosphoric ester groups is 3. The minimum atomic E-state index is -5.58. The van der Waals surface area contributed by atoms with Crippen LogP contribution in [0.4, 0.5) is 5.82 Å². The molecule has 1 fully saturated rings. The highest BCUT2D eigenvalue weighted by molar-refractivity contribution is 8.13. The summed E-state index contributed by atoms with van der Waals surface area (Å²) in [7, 11) is -16.4. The van der Waals surface area contributed by atoms with Crippen molar-refractivity contribution in [2.45, 2.75) is 122 Å². The van der Waals surface area contributed by atoms with Crippen molar-refractivity contribution in [2.75, 3.05) is 37.8 Å². The zero-order valence-corrected chi connectivity index (χ0v) is 41.1. The number of unbranched alkanes of at least 4 members (excludes halogenated alkanes) is 7. The zero-order chi connectivity index (χ0) is 49.7. The van der Waals surface area contributed by atoms with Crippen LogP contribution in [0.3, 0.4) is 0 Å². The Hall–Kier alpha value is -3.22. The van der Waals surface area contributed by atoms with Gasteiger partial charge in [0, 0.05) is 37.1 Å². The Balaban J connectivity index is 1.32. The molecule has 1 aliphatic heterocycles. The summed E-state index contributed by atoms with van der Waals surface area (Å²) in [4.78, 5) is 88.3. The number of fused-ring (bicyclic) bond motifs is 1. The van der Waals surface area contributed by atoms with Crippen molar-refractivity contribution >= 4 is 69.1 Å². The molecule has 7 unspecified atom stereocenters. The van der Waals surface area contributed by atoms with Crippen LogP contribution in [0, 0.1) is 5.41 Å². The number of carbonyl (C=O) groups is 3. The normalized spacial score (nSPS) is 20.4. The molecule has 28 heteroatoms. The molecule has 0 spiro atoms. The van der Waals surface area contributed by atoms with Gasteiger partial charge in [0.2, 0.25) is 11.8 Å². The van der Waals surface area contributed by atoms with Crippen molar-refractivity contribution in [2.24, 2.45) is 5.41 Å². The van der Waals surface area contributed by atoms with E-state index in [1.54, 1.807) is 0 Å². The van der Waals surface area contributed by atoms with Gasteiger partial charge in [-0.15, -0.1) is 0 Å². The van der Waals surface area contributed by atoms with Gasteiger partial charge in [0.25, 0.3) is 0 Å². The monoisotopic (exact) mass is 1030 g/mol. The minimum Gasteiger partial charge on any atom is -0.386 e. The predicted molar refractivity (Wildman–Crippen MR) is 246 cm³/mol. The van der Waals surface area contributed by atoms with Crippen molar-refractivity contribution < 1.29 is 80.5 Å². The van der Waals surface area contributed by atoms with Gasteiger partial charge in [-0.25, -0.2) is 28.6 Å². The van der Waals surface area contributed by atoms with E-state index in [1.807, 2.05) is 18.2 Å². The lowest BCUT2D eigenvalue weighted by atomic mass is 9.87. The molecule has 2 aromatic rings. The maximum atomic E-state index is 12.7. The number of ether oxygens (including phenoxy) is 1. The number of anilines is 1. The van der Waals surface area contributed by atoms with E-state index in [-0.39, 0.29) is 41.6 Å². The van der Waals surface area contributed by atoms with Gasteiger partial charge < -0.3 is 50.9 Å². The number of aliphatic hydroxyl groups is 2. The lowest BCUT2D eigenvalue weighted by Gasteiger charge is -2.30. The first-order valence-electron chi connectivity index (χ1n) is 21.6. The summed E-state index contributed by atoms with van der Waals surface area (Å²) in [5, 5.41) is 26.6. The third-order valence-corrected chi connectivity index (χ3v) is 13.9. The highest BCUT2D eigenvalue weighted by Gasteiger charge is 2.50. The quantitative estimate of drug-likeness (QED) is 0.0281. The molecular weight excluding hydrogens is 963 g/mol. The summed E-state index contributed by atoms with van der Waals surface area (Å²) in [6.45, 7) is 2.73. The predicted octanol–water partition coefficient (Wildman–Crippen LogP) is 4.25. The highest BCUT2D eigenvalue weighted by atomic mass is 32.2. The number of nitrogens with two attached hydrogens (primary N) is 1. The SMILES string of the molecule is CCCCC/C=C/C=C/C=C/CCCCCCC(=O)SCCNC(=O)CCNC(=O)C(O)C(C)(C)COP(=O)(O)OP(=O)(O)OCC1OC(n2cnc3c(N)ncnc32)C(O)C1OP(=O)(O)O. The Morgan fingerprint density at radius 2 is 1.57 bits per heavy atom. The van der Waals surface area contributed by atoms with Gasteiger partial charge in [-0.05, 0) is 32.1 Å². The third-order valence-electron chi connectivity index (χ3n) is 9.85. The molecule has 0 saturated carbocycles. The van der Waals surface area contributed by atoms with Crippen LogP contribution >= 0.6 is 35.2 Å². The summed E-state index contributed by atoms with van der Waals surface area (Å²) in [5.41, 5.74) is 4.28. The van der Waals surface area contributed by atoms with Crippen molar-refractivity contribution in [3.05, 3.63) is 49.1 Å². The molecule has 24 nitrogen and oxygen atoms in total. The summed E-state index contributed by atoms with van der Waals surface area (Å²) in [5.74, 6) is -1.06. The maximum Gasteiger partial charge on any atom is 0.481 e. The molecule has 0 radical (unpaired) electrons. The lowest BCUT2D eigenvalue weighted by Crippen LogP contribution is -2.46. The van der Waals surface area contributed by atoms with Crippen molar-refractivity contribution in [1.82, 2.24) is 30.2 Å². The second-order valence-corrected chi connectivity index (χ2v) is 21.4. The first kappa shape index (κ1) is 58.1. The van der Waals surface area contributed by atoms with Crippen LogP contribution in [0.2, 0.25) is 0 Å². The summed E-state index contributed by atoms with van der Waals surface area (Å²) in [6, 6.07) is 0. The number of aliphatic hydroxyl groups excluding tert-OH is 2. The van der Waals surface area contributed by atoms with Gasteiger partial charge in [0.15, 0.2) is 22.8 Å². The second kappa shape index (κ2) is 28.4. The van der Waals surface area contributed by atoms with Crippen LogP contribution in [-0.4, -0.2) is 123 Å². The minimum absolute atomic E-state index is 0.0313. The Bertz CT molecular complexity index is 2140. The van der Waals surface area contributed by atoms with Gasteiger partial charge >= 0.3 is 23.5 Å². The molecule has 7 atom stereocenters. The Morgan fingerprint density at radius 3 is 2.24 bits per heavy atom. The van der Waals surface area contributed by atoms with E-state index in [0.717, 1.165) is 67.5 Å². The van der Waals surface area contributed by atoms with Crippen LogP contribution < -0.4 is 16.4 Å². The van der Waals surface area contributed by atoms with E-state index in [1.165, 1.54) is 33.1 Å². The van der Waals surface area contributed by atoms with Crippen LogP contribution in [0.5, 0.6) is 0 Å². The first-order valence-corrected chi connectivity index (χ1v) is 27.1. The smallest absolute Gasteiger partial charge is 0.386 e. The van der Waals surface area contributed by atoms with E-state index < -0.39 is 84.6 Å². The molecule has 1 saturated heterocycles. The number of hydrogen-bond acceptors (Lipinski definition) is 18. The fourth-order valence-corrected chi connectivity index (χ4v) is 9.79. The first-order chi connectivity index (χ1) is 31.6. The molecule has 378 valence electrons. The van der Waals surface area contributed by atoms with Crippen LogP contribution in [-0.2, 0) is 50.7 Å². The number of thioether (sulfide) groups is 1. The molecule has 0 aromatic carbocycles. The molecule has 0 aliphatic carbocycles. The molecule has 3 rings (SSSR count). The number of rotatable bonds is 32. The average molecular weight is 1030 g/mol. The molecular formula is C39H64N7O17P3S. The molecule has 0 bridgehead atoms. The summed E-state index contributed by atoms with van der Waals surface area (Å²) >= 11 is 1.13. The number of phosphoric acid groups is 3. The van der Waals surface area contributed by atoms with E-state index in [9.17, 15) is 57.9 Å². The van der Waals surface area contributed by atoms with E-state index in [4.69, 9.17) is 19.5 Å². The fraction of sp³-hybridized carbons (Fsp3) is 0.641. The topological polar surface area (TPSA) is 364 Å². The molecule has 2 aromatic heterocycles. The Kier molecular flexibility index (Phi) is 24.7. The van der Waals surface area contributed by atoms with Crippen LogP contribution in [0.25, 0.3) is 11.2 Å². The number of imidazole rings is 1. The maximum absolute atomic E-state index is 12.7. The standard InChI is InChI=1S/C39H64N7O17P3S/c1-4-5-6-7-8-9-10-11-12-13-14-15-16-17-18-19-30(48)67-23-22-41-29(47)20-21-42-37(51)34(50)39(2,3)25-60-66(57,58)63-65(55,56)59-24-28-33(62-64(52,53)54)32(49)38(61-28)46-27-45-31-35(40)43-26-44-36(31)46/h8-13,26-28,32-34,38,49-50H,4-7,14-25H2,1-3H3,(H,41,47)(H,42,51)(H,55,56)(H,57,58)(H2,40,43,44)(H2,52,53,54)/b9-8+,11-10+,13-12+. The molecule has 67 heavy (non-hydrogen) atoms. The van der Waals surface area contributed by atoms with Gasteiger partial charge in [-0.3, -0.25) is 32.5 Å². The number of nitrogen functional groups attached to an aromatic ring is 1. The van der Waals surface area contributed by atoms with Crippen molar-refractivity contribution in [3.8, 4) is 0 Å². The van der Waals surface area contributed by atoms with Crippen molar-refractivity contribution in [3.63, 3.8) is 0 Å². The van der Waals surface area contributed by atoms with Gasteiger partial charge in [0.05, 0.1) is 19.5 Å². The molecule has 10 N–H and O–H groups in total. The summed E-state index contributed by atoms with van der Waals surface area (Å²) < 4.78 is 62.4. The number of aromatic nitrogens is 4. The highest BCUT2D eigenvalue weighted by Crippen LogP contribution is 2.61. The largest absolute Gasteiger partial charge is 0.481 e. The molecule has 1 aliphatic rings. The molecule has 2 amide bonds. The summed E-state index contributed by atoms with van der Waals surface area (Å²) in [6.07, 6.45) is 15.7. The zero-order valence-electron chi connectivity index (χ0n) is 37.6. The third kappa shape index (κ3) is 21.5. The Morgan fingerprint density at radius 1 is 0.910 bits per heavy atom. The van der Waals surface area contributed by atoms with Crippen LogP contribution in [0.1, 0.15) is 97.6 Å². The number of nitrogens with one attached hydrogen (secondary N) is 2. The molecule has 3 heterocycles. The van der Waals surface area contributed by atoms with Gasteiger partial charge in [-0.2, -0.15) is 4.31 Å². The number of amides is 2. The Labute approximate surface area is 393 Å². The van der Waals surface area contributed by atoms with E-state index in [2.05, 4.69) is 59.6 Å². The number of hydrogen-bond donors (Lipinski definition) is 9. The van der Waals surface area contributed by atoms with E-state index >= 15 is 0 Å². The van der Waals surface area contributed by atoms with Crippen LogP contribution in [0.15, 0.2) is 49.1 Å². The van der Waals surface area contributed by atoms with Gasteiger partial charge in [-0.1, -0.05) is 94.7 Å². The fourth-order valence-electron chi connectivity index (χ4n) is 6.24. The van der Waals surface area contributed by atoms with E-state index in [0.29, 0.717) is 12.2 Å².